The predicted octanol–water partition coefficient (Wildman–Crippen LogP) is 4.61. The molecule has 0 aliphatic heterocycles. The SMILES string of the molecule is Cc1ccc(COc2cc(C(C)C)nc(C(C)C)n2)cc1. The topological polar surface area (TPSA) is 35.0 Å². The highest BCUT2D eigenvalue weighted by atomic mass is 16.5. The average molecular weight is 284 g/mol. The van der Waals surface area contributed by atoms with E-state index in [1.807, 2.05) is 6.07 Å². The van der Waals surface area contributed by atoms with Crippen molar-refractivity contribution in [1.82, 2.24) is 9.97 Å². The standard InChI is InChI=1S/C18H24N2O/c1-12(2)16-10-17(20-18(19-16)13(3)4)21-11-15-8-6-14(5)7-9-15/h6-10,12-13H,11H2,1-5H3. The Morgan fingerprint density at radius 2 is 1.62 bits per heavy atom. The first-order valence-corrected chi connectivity index (χ1v) is 7.53. The minimum atomic E-state index is 0.297. The van der Waals surface area contributed by atoms with Gasteiger partial charge in [-0.2, -0.15) is 4.98 Å². The molecule has 0 aliphatic rings. The molecule has 0 radical (unpaired) electrons. The van der Waals surface area contributed by atoms with Crippen molar-refractivity contribution in [2.75, 3.05) is 0 Å². The molecule has 1 heterocycles. The predicted molar refractivity (Wildman–Crippen MR) is 85.7 cm³/mol. The average Bonchev–Trinajstić information content (AvgIpc) is 2.46. The molecule has 0 saturated carbocycles. The van der Waals surface area contributed by atoms with Crippen LogP contribution in [-0.2, 0) is 6.61 Å². The van der Waals surface area contributed by atoms with E-state index in [-0.39, 0.29) is 0 Å². The van der Waals surface area contributed by atoms with E-state index in [0.29, 0.717) is 24.3 Å². The molecule has 0 saturated heterocycles. The Labute approximate surface area is 127 Å². The quantitative estimate of drug-likeness (QED) is 0.804. The molecule has 0 N–H and O–H groups in total. The van der Waals surface area contributed by atoms with Gasteiger partial charge in [-0.05, 0) is 18.4 Å². The monoisotopic (exact) mass is 284 g/mol. The zero-order valence-electron chi connectivity index (χ0n) is 13.6. The molecule has 2 rings (SSSR count). The van der Waals surface area contributed by atoms with Gasteiger partial charge in [0.25, 0.3) is 0 Å². The molecule has 112 valence electrons. The first-order valence-electron chi connectivity index (χ1n) is 7.53. The summed E-state index contributed by atoms with van der Waals surface area (Å²) in [6.07, 6.45) is 0. The van der Waals surface area contributed by atoms with Gasteiger partial charge >= 0.3 is 0 Å². The van der Waals surface area contributed by atoms with Crippen molar-refractivity contribution in [3.63, 3.8) is 0 Å². The van der Waals surface area contributed by atoms with Crippen molar-refractivity contribution >= 4 is 0 Å². The lowest BCUT2D eigenvalue weighted by Gasteiger charge is -2.13. The van der Waals surface area contributed by atoms with Gasteiger partial charge in [-0.3, -0.25) is 0 Å². The maximum Gasteiger partial charge on any atom is 0.217 e. The minimum absolute atomic E-state index is 0.297. The summed E-state index contributed by atoms with van der Waals surface area (Å²) in [5.41, 5.74) is 3.44. The molecular formula is C18H24N2O. The van der Waals surface area contributed by atoms with Crippen molar-refractivity contribution < 1.29 is 4.74 Å². The Bertz CT molecular complexity index is 562. The fraction of sp³-hybridized carbons (Fsp3) is 0.444. The zero-order valence-corrected chi connectivity index (χ0v) is 13.6. The van der Waals surface area contributed by atoms with Crippen LogP contribution in [0.1, 0.15) is 62.2 Å². The van der Waals surface area contributed by atoms with Gasteiger partial charge in [0, 0.05) is 12.0 Å². The van der Waals surface area contributed by atoms with Crippen LogP contribution in [0.15, 0.2) is 30.3 Å². The van der Waals surface area contributed by atoms with E-state index in [0.717, 1.165) is 17.1 Å². The number of benzene rings is 1. The summed E-state index contributed by atoms with van der Waals surface area (Å²) in [4.78, 5) is 9.12. The van der Waals surface area contributed by atoms with Crippen LogP contribution < -0.4 is 4.74 Å². The third-order valence-corrected chi connectivity index (χ3v) is 3.36. The van der Waals surface area contributed by atoms with Crippen LogP contribution in [0.5, 0.6) is 5.88 Å². The van der Waals surface area contributed by atoms with Crippen LogP contribution in [0.3, 0.4) is 0 Å². The number of aryl methyl sites for hydroxylation is 1. The molecule has 0 fully saturated rings. The first kappa shape index (κ1) is 15.5. The highest BCUT2D eigenvalue weighted by molar-refractivity contribution is 5.23. The van der Waals surface area contributed by atoms with Gasteiger partial charge in [-0.15, -0.1) is 0 Å². The van der Waals surface area contributed by atoms with E-state index in [2.05, 4.69) is 68.9 Å². The number of hydrogen-bond donors (Lipinski definition) is 0. The molecule has 0 aliphatic carbocycles. The molecule has 0 bridgehead atoms. The Kier molecular flexibility index (Phi) is 4.94. The minimum Gasteiger partial charge on any atom is -0.473 e. The molecule has 1 aromatic carbocycles. The maximum atomic E-state index is 5.86. The van der Waals surface area contributed by atoms with E-state index in [1.165, 1.54) is 5.56 Å². The highest BCUT2D eigenvalue weighted by Crippen LogP contribution is 2.21. The Hall–Kier alpha value is -1.90. The largest absolute Gasteiger partial charge is 0.473 e. The van der Waals surface area contributed by atoms with Crippen LogP contribution in [0, 0.1) is 6.92 Å². The summed E-state index contributed by atoms with van der Waals surface area (Å²) in [6, 6.07) is 10.3. The molecule has 0 amide bonds. The molecule has 3 heteroatoms. The van der Waals surface area contributed by atoms with Gasteiger partial charge in [0.2, 0.25) is 5.88 Å². The van der Waals surface area contributed by atoms with E-state index in [9.17, 15) is 0 Å². The summed E-state index contributed by atoms with van der Waals surface area (Å²) in [6.45, 7) is 11.1. The molecule has 21 heavy (non-hydrogen) atoms. The number of aromatic nitrogens is 2. The summed E-state index contributed by atoms with van der Waals surface area (Å²) in [5, 5.41) is 0. The maximum absolute atomic E-state index is 5.86. The van der Waals surface area contributed by atoms with Gasteiger partial charge in [-0.1, -0.05) is 57.5 Å². The van der Waals surface area contributed by atoms with E-state index in [4.69, 9.17) is 4.74 Å². The lowest BCUT2D eigenvalue weighted by Crippen LogP contribution is -2.06. The van der Waals surface area contributed by atoms with Crippen molar-refractivity contribution in [2.45, 2.75) is 53.1 Å². The third kappa shape index (κ3) is 4.28. The highest BCUT2D eigenvalue weighted by Gasteiger charge is 2.11. The molecule has 1 aromatic heterocycles. The number of ether oxygens (including phenoxy) is 1. The van der Waals surface area contributed by atoms with Crippen LogP contribution in [0.2, 0.25) is 0 Å². The van der Waals surface area contributed by atoms with E-state index < -0.39 is 0 Å². The molecule has 0 atom stereocenters. The summed E-state index contributed by atoms with van der Waals surface area (Å²) >= 11 is 0. The normalized spacial score (nSPS) is 11.2. The Morgan fingerprint density at radius 1 is 0.952 bits per heavy atom. The van der Waals surface area contributed by atoms with Gasteiger partial charge in [0.05, 0.1) is 5.69 Å². The third-order valence-electron chi connectivity index (χ3n) is 3.36. The summed E-state index contributed by atoms with van der Waals surface area (Å²) in [5.74, 6) is 2.18. The van der Waals surface area contributed by atoms with Gasteiger partial charge in [0.15, 0.2) is 0 Å². The van der Waals surface area contributed by atoms with Crippen molar-refractivity contribution in [3.8, 4) is 5.88 Å². The van der Waals surface area contributed by atoms with Crippen molar-refractivity contribution in [2.24, 2.45) is 0 Å². The lowest BCUT2D eigenvalue weighted by molar-refractivity contribution is 0.291. The molecule has 0 spiro atoms. The lowest BCUT2D eigenvalue weighted by atomic mass is 10.1. The molecule has 3 nitrogen and oxygen atoms in total. The fourth-order valence-electron chi connectivity index (χ4n) is 1.93. The number of rotatable bonds is 5. The van der Waals surface area contributed by atoms with Crippen LogP contribution in [0.25, 0.3) is 0 Å². The van der Waals surface area contributed by atoms with Crippen LogP contribution in [0.4, 0.5) is 0 Å². The van der Waals surface area contributed by atoms with Gasteiger partial charge < -0.3 is 4.74 Å². The van der Waals surface area contributed by atoms with Crippen LogP contribution >= 0.6 is 0 Å². The summed E-state index contributed by atoms with van der Waals surface area (Å²) in [7, 11) is 0. The second-order valence-electron chi connectivity index (χ2n) is 6.07. The first-order chi connectivity index (χ1) is 9.95. The molecule has 2 aromatic rings. The van der Waals surface area contributed by atoms with E-state index in [1.54, 1.807) is 0 Å². The Balaban J connectivity index is 2.16. The second kappa shape index (κ2) is 6.70. The van der Waals surface area contributed by atoms with Crippen molar-refractivity contribution in [1.29, 1.82) is 0 Å². The summed E-state index contributed by atoms with van der Waals surface area (Å²) < 4.78 is 5.86. The fourth-order valence-corrected chi connectivity index (χ4v) is 1.93. The number of hydrogen-bond acceptors (Lipinski definition) is 3. The van der Waals surface area contributed by atoms with Crippen LogP contribution in [-0.4, -0.2) is 9.97 Å². The number of nitrogens with zero attached hydrogens (tertiary/aromatic N) is 2. The zero-order chi connectivity index (χ0) is 15.4. The van der Waals surface area contributed by atoms with Crippen molar-refractivity contribution in [3.05, 3.63) is 53.0 Å². The molecular weight excluding hydrogens is 260 g/mol. The van der Waals surface area contributed by atoms with Gasteiger partial charge in [-0.25, -0.2) is 4.98 Å². The van der Waals surface area contributed by atoms with Gasteiger partial charge in [0.1, 0.15) is 12.4 Å². The van der Waals surface area contributed by atoms with E-state index >= 15 is 0 Å². The second-order valence-corrected chi connectivity index (χ2v) is 6.07. The smallest absolute Gasteiger partial charge is 0.217 e. The molecule has 0 unspecified atom stereocenters. The Morgan fingerprint density at radius 3 is 2.19 bits per heavy atom.